The number of hydrogen-bond acceptors (Lipinski definition) is 4. The van der Waals surface area contributed by atoms with Crippen molar-refractivity contribution >= 4 is 17.3 Å². The van der Waals surface area contributed by atoms with Gasteiger partial charge in [0.15, 0.2) is 0 Å². The van der Waals surface area contributed by atoms with E-state index < -0.39 is 10.9 Å². The predicted octanol–water partition coefficient (Wildman–Crippen LogP) is 2.96. The lowest BCUT2D eigenvalue weighted by Gasteiger charge is -2.15. The van der Waals surface area contributed by atoms with Gasteiger partial charge in [-0.05, 0) is 38.3 Å². The van der Waals surface area contributed by atoms with Crippen molar-refractivity contribution in [3.8, 4) is 0 Å². The van der Waals surface area contributed by atoms with Crippen molar-refractivity contribution in [1.29, 1.82) is 0 Å². The van der Waals surface area contributed by atoms with Gasteiger partial charge < -0.3 is 10.4 Å². The molecule has 1 aromatic carbocycles. The average Bonchev–Trinajstić information content (AvgIpc) is 2.27. The maximum Gasteiger partial charge on any atom is 0.303 e. The van der Waals surface area contributed by atoms with Gasteiger partial charge in [-0.1, -0.05) is 0 Å². The van der Waals surface area contributed by atoms with E-state index in [0.717, 1.165) is 5.56 Å². The first-order chi connectivity index (χ1) is 8.88. The minimum Gasteiger partial charge on any atom is -0.481 e. The smallest absolute Gasteiger partial charge is 0.303 e. The quantitative estimate of drug-likeness (QED) is 0.584. The molecule has 104 valence electrons. The van der Waals surface area contributed by atoms with Crippen LogP contribution in [0, 0.1) is 17.0 Å². The average molecular weight is 266 g/mol. The molecule has 0 fully saturated rings. The Balaban J connectivity index is 2.61. The van der Waals surface area contributed by atoms with E-state index in [1.165, 1.54) is 12.1 Å². The van der Waals surface area contributed by atoms with Crippen LogP contribution in [0.4, 0.5) is 11.4 Å². The van der Waals surface area contributed by atoms with Crippen LogP contribution in [0.15, 0.2) is 18.2 Å². The highest BCUT2D eigenvalue weighted by Crippen LogP contribution is 2.21. The summed E-state index contributed by atoms with van der Waals surface area (Å²) in [4.78, 5) is 20.7. The molecule has 0 spiro atoms. The van der Waals surface area contributed by atoms with E-state index in [1.54, 1.807) is 6.92 Å². The third-order valence-corrected chi connectivity index (χ3v) is 2.71. The molecule has 0 aliphatic carbocycles. The molecule has 0 aliphatic rings. The summed E-state index contributed by atoms with van der Waals surface area (Å²) in [5, 5.41) is 22.5. The molecule has 0 amide bonds. The van der Waals surface area contributed by atoms with E-state index in [0.29, 0.717) is 18.5 Å². The van der Waals surface area contributed by atoms with Gasteiger partial charge in [0.25, 0.3) is 5.69 Å². The van der Waals surface area contributed by atoms with Gasteiger partial charge in [0, 0.05) is 30.3 Å². The summed E-state index contributed by atoms with van der Waals surface area (Å²) in [6.07, 6.45) is 1.42. The van der Waals surface area contributed by atoms with Gasteiger partial charge in [-0.2, -0.15) is 0 Å². The number of nitro benzene ring substituents is 1. The number of nitro groups is 1. The summed E-state index contributed by atoms with van der Waals surface area (Å²) in [6, 6.07) is 4.91. The van der Waals surface area contributed by atoms with Crippen molar-refractivity contribution in [1.82, 2.24) is 0 Å². The summed E-state index contributed by atoms with van der Waals surface area (Å²) in [7, 11) is 0. The highest BCUT2D eigenvalue weighted by Gasteiger charge is 2.10. The Hall–Kier alpha value is -2.11. The second kappa shape index (κ2) is 6.72. The van der Waals surface area contributed by atoms with Gasteiger partial charge in [0.2, 0.25) is 0 Å². The second-order valence-electron chi connectivity index (χ2n) is 4.65. The largest absolute Gasteiger partial charge is 0.481 e. The number of carboxylic acids is 1. The summed E-state index contributed by atoms with van der Waals surface area (Å²) < 4.78 is 0. The molecule has 1 unspecified atom stereocenters. The first kappa shape index (κ1) is 14.9. The second-order valence-corrected chi connectivity index (χ2v) is 4.65. The molecule has 0 saturated carbocycles. The zero-order chi connectivity index (χ0) is 14.4. The van der Waals surface area contributed by atoms with Gasteiger partial charge in [0.05, 0.1) is 4.92 Å². The van der Waals surface area contributed by atoms with Crippen LogP contribution in [0.1, 0.15) is 31.7 Å². The molecule has 1 aromatic rings. The van der Waals surface area contributed by atoms with Gasteiger partial charge in [0.1, 0.15) is 0 Å². The Bertz CT molecular complexity index is 474. The molecule has 0 saturated heterocycles. The van der Waals surface area contributed by atoms with E-state index in [2.05, 4.69) is 5.32 Å². The third-order valence-electron chi connectivity index (χ3n) is 2.71. The number of hydrogen-bond donors (Lipinski definition) is 2. The van der Waals surface area contributed by atoms with Gasteiger partial charge in [-0.25, -0.2) is 0 Å². The van der Waals surface area contributed by atoms with Crippen molar-refractivity contribution in [2.45, 2.75) is 39.2 Å². The summed E-state index contributed by atoms with van der Waals surface area (Å²) in [6.45, 7) is 3.73. The molecule has 6 heteroatoms. The molecule has 6 nitrogen and oxygen atoms in total. The molecule has 0 aromatic heterocycles. The number of aryl methyl sites for hydroxylation is 1. The zero-order valence-electron chi connectivity index (χ0n) is 11.0. The number of carboxylic acid groups (broad SMARTS) is 1. The number of nitrogens with zero attached hydrogens (tertiary/aromatic N) is 1. The highest BCUT2D eigenvalue weighted by molar-refractivity contribution is 5.66. The van der Waals surface area contributed by atoms with Gasteiger partial charge in [-0.3, -0.25) is 14.9 Å². The molecule has 1 atom stereocenters. The summed E-state index contributed by atoms with van der Waals surface area (Å²) >= 11 is 0. The van der Waals surface area contributed by atoms with Gasteiger partial charge >= 0.3 is 5.97 Å². The minimum absolute atomic E-state index is 0.0558. The molecule has 1 rings (SSSR count). The van der Waals surface area contributed by atoms with Crippen LogP contribution >= 0.6 is 0 Å². The van der Waals surface area contributed by atoms with E-state index in [4.69, 9.17) is 5.11 Å². The fraction of sp³-hybridized carbons (Fsp3) is 0.462. The number of carbonyl (C=O) groups is 1. The fourth-order valence-corrected chi connectivity index (χ4v) is 1.87. The molecular weight excluding hydrogens is 248 g/mol. The number of non-ortho nitro benzene ring substituents is 1. The number of anilines is 1. The minimum atomic E-state index is -0.807. The maximum atomic E-state index is 10.8. The van der Waals surface area contributed by atoms with Crippen LogP contribution in [-0.4, -0.2) is 22.0 Å². The predicted molar refractivity (Wildman–Crippen MR) is 72.4 cm³/mol. The van der Waals surface area contributed by atoms with Crippen LogP contribution in [0.25, 0.3) is 0 Å². The fourth-order valence-electron chi connectivity index (χ4n) is 1.87. The Labute approximate surface area is 111 Å². The Morgan fingerprint density at radius 3 is 2.74 bits per heavy atom. The molecule has 0 heterocycles. The first-order valence-corrected chi connectivity index (χ1v) is 6.13. The molecule has 2 N–H and O–H groups in total. The van der Waals surface area contributed by atoms with Gasteiger partial charge in [-0.15, -0.1) is 0 Å². The molecule has 0 aliphatic heterocycles. The van der Waals surface area contributed by atoms with Crippen molar-refractivity contribution in [2.75, 3.05) is 5.32 Å². The Kier molecular flexibility index (Phi) is 5.29. The lowest BCUT2D eigenvalue weighted by molar-refractivity contribution is -0.384. The molecular formula is C13H18N2O4. The third kappa shape index (κ3) is 5.37. The Morgan fingerprint density at radius 1 is 1.47 bits per heavy atom. The molecule has 0 bridgehead atoms. The number of rotatable bonds is 7. The van der Waals surface area contributed by atoms with Crippen molar-refractivity contribution in [3.63, 3.8) is 0 Å². The van der Waals surface area contributed by atoms with E-state index in [-0.39, 0.29) is 18.2 Å². The van der Waals surface area contributed by atoms with E-state index in [1.807, 2.05) is 13.0 Å². The van der Waals surface area contributed by atoms with Crippen LogP contribution in [0.2, 0.25) is 0 Å². The lowest BCUT2D eigenvalue weighted by atomic mass is 10.1. The van der Waals surface area contributed by atoms with Crippen LogP contribution < -0.4 is 5.32 Å². The van der Waals surface area contributed by atoms with Crippen molar-refractivity contribution < 1.29 is 14.8 Å². The maximum absolute atomic E-state index is 10.8. The highest BCUT2D eigenvalue weighted by atomic mass is 16.6. The monoisotopic (exact) mass is 266 g/mol. The van der Waals surface area contributed by atoms with Crippen LogP contribution in [0.3, 0.4) is 0 Å². The van der Waals surface area contributed by atoms with Crippen LogP contribution in [0.5, 0.6) is 0 Å². The summed E-state index contributed by atoms with van der Waals surface area (Å²) in [5.41, 5.74) is 1.56. The van der Waals surface area contributed by atoms with E-state index >= 15 is 0 Å². The van der Waals surface area contributed by atoms with Crippen LogP contribution in [-0.2, 0) is 4.79 Å². The first-order valence-electron chi connectivity index (χ1n) is 6.13. The normalized spacial score (nSPS) is 11.9. The number of nitrogens with one attached hydrogen (secondary N) is 1. The number of benzene rings is 1. The molecule has 0 radical (unpaired) electrons. The zero-order valence-corrected chi connectivity index (χ0v) is 11.0. The topological polar surface area (TPSA) is 92.5 Å². The summed E-state index contributed by atoms with van der Waals surface area (Å²) in [5.74, 6) is -0.807. The number of aliphatic carboxylic acids is 1. The standard InChI is InChI=1S/C13H18N2O4/c1-9-6-11(8-12(7-9)15(18)19)14-10(2)4-3-5-13(16)17/h6-8,10,14H,3-5H2,1-2H3,(H,16,17). The molecule has 19 heavy (non-hydrogen) atoms. The van der Waals surface area contributed by atoms with E-state index in [9.17, 15) is 14.9 Å². The lowest BCUT2D eigenvalue weighted by Crippen LogP contribution is -2.15. The van der Waals surface area contributed by atoms with Crippen molar-refractivity contribution in [3.05, 3.63) is 33.9 Å². The SMILES string of the molecule is Cc1cc(NC(C)CCCC(=O)O)cc([N+](=O)[O-])c1. The Morgan fingerprint density at radius 2 is 2.16 bits per heavy atom. The van der Waals surface area contributed by atoms with Crippen molar-refractivity contribution in [2.24, 2.45) is 0 Å².